The molecule has 104 valence electrons. The lowest BCUT2D eigenvalue weighted by molar-refractivity contribution is 0.450. The smallest absolute Gasteiger partial charge is 0.252 e. The van der Waals surface area contributed by atoms with Crippen LogP contribution < -0.4 is 11.0 Å². The van der Waals surface area contributed by atoms with E-state index in [0.29, 0.717) is 17.0 Å². The highest BCUT2D eigenvalue weighted by atomic mass is 16.3. The van der Waals surface area contributed by atoms with Gasteiger partial charge in [0.15, 0.2) is 0 Å². The van der Waals surface area contributed by atoms with E-state index < -0.39 is 0 Å². The molecular weight excluding hydrogens is 260 g/mol. The molecule has 0 radical (unpaired) electrons. The fourth-order valence-corrected chi connectivity index (χ4v) is 1.66. The number of nitrogens with one attached hydrogen (secondary N) is 2. The Hall–Kier alpha value is -2.83. The fourth-order valence-electron chi connectivity index (χ4n) is 1.66. The van der Waals surface area contributed by atoms with Crippen LogP contribution in [0.5, 0.6) is 11.5 Å². The summed E-state index contributed by atoms with van der Waals surface area (Å²) in [6.07, 6.45) is 0. The van der Waals surface area contributed by atoms with Gasteiger partial charge in [-0.15, -0.1) is 0 Å². The maximum Gasteiger partial charge on any atom is 0.252 e. The van der Waals surface area contributed by atoms with E-state index in [1.807, 2.05) is 0 Å². The van der Waals surface area contributed by atoms with Crippen LogP contribution in [0.3, 0.4) is 0 Å². The quantitative estimate of drug-likeness (QED) is 0.498. The zero-order chi connectivity index (χ0) is 14.7. The van der Waals surface area contributed by atoms with E-state index in [2.05, 4.69) is 20.5 Å². The highest BCUT2D eigenvalue weighted by Gasteiger charge is 2.06. The monoisotopic (exact) mass is 274 g/mol. The number of hydrazone groups is 1. The van der Waals surface area contributed by atoms with Gasteiger partial charge in [-0.25, -0.2) is 10.4 Å². The molecule has 1 aromatic heterocycles. The number of rotatable bonds is 3. The van der Waals surface area contributed by atoms with Crippen LogP contribution in [-0.4, -0.2) is 25.9 Å². The van der Waals surface area contributed by atoms with Gasteiger partial charge in [0.2, 0.25) is 5.95 Å². The Morgan fingerprint density at radius 1 is 1.35 bits per heavy atom. The molecule has 0 bridgehead atoms. The number of aromatic nitrogens is 2. The van der Waals surface area contributed by atoms with Crippen LogP contribution in [0.2, 0.25) is 0 Å². The van der Waals surface area contributed by atoms with Crippen molar-refractivity contribution in [3.05, 3.63) is 45.9 Å². The van der Waals surface area contributed by atoms with Crippen molar-refractivity contribution >= 4 is 11.7 Å². The fraction of sp³-hybridized carbons (Fsp3) is 0.154. The van der Waals surface area contributed by atoms with Crippen LogP contribution in [0, 0.1) is 6.92 Å². The first-order valence-electron chi connectivity index (χ1n) is 5.86. The molecule has 7 nitrogen and oxygen atoms in total. The van der Waals surface area contributed by atoms with Crippen molar-refractivity contribution < 1.29 is 10.2 Å². The van der Waals surface area contributed by atoms with Gasteiger partial charge in [-0.1, -0.05) is 0 Å². The van der Waals surface area contributed by atoms with Gasteiger partial charge < -0.3 is 10.2 Å². The zero-order valence-electron chi connectivity index (χ0n) is 11.0. The number of aryl methyl sites for hydroxylation is 1. The number of anilines is 1. The predicted molar refractivity (Wildman–Crippen MR) is 75.2 cm³/mol. The first-order valence-corrected chi connectivity index (χ1v) is 5.86. The number of hydrogen-bond donors (Lipinski definition) is 4. The lowest BCUT2D eigenvalue weighted by Crippen LogP contribution is -2.11. The topological polar surface area (TPSA) is 111 Å². The molecule has 4 N–H and O–H groups in total. The van der Waals surface area contributed by atoms with Crippen molar-refractivity contribution in [3.63, 3.8) is 0 Å². The van der Waals surface area contributed by atoms with Crippen LogP contribution >= 0.6 is 0 Å². The van der Waals surface area contributed by atoms with E-state index in [1.54, 1.807) is 13.8 Å². The second-order valence-corrected chi connectivity index (χ2v) is 4.25. The Kier molecular flexibility index (Phi) is 3.69. The number of aromatic hydroxyl groups is 2. The number of hydrogen-bond acceptors (Lipinski definition) is 6. The summed E-state index contributed by atoms with van der Waals surface area (Å²) in [6.45, 7) is 3.37. The molecule has 20 heavy (non-hydrogen) atoms. The van der Waals surface area contributed by atoms with Gasteiger partial charge in [0.1, 0.15) is 11.5 Å². The van der Waals surface area contributed by atoms with E-state index in [1.165, 1.54) is 24.3 Å². The van der Waals surface area contributed by atoms with Gasteiger partial charge in [0.05, 0.1) is 5.71 Å². The Bertz CT molecular complexity index is 722. The van der Waals surface area contributed by atoms with E-state index in [-0.39, 0.29) is 23.0 Å². The summed E-state index contributed by atoms with van der Waals surface area (Å²) in [6, 6.07) is 5.58. The molecule has 2 aromatic rings. The minimum atomic E-state index is -0.277. The molecule has 0 unspecified atom stereocenters. The average Bonchev–Trinajstić information content (AvgIpc) is 2.35. The molecule has 2 rings (SSSR count). The summed E-state index contributed by atoms with van der Waals surface area (Å²) < 4.78 is 0. The summed E-state index contributed by atoms with van der Waals surface area (Å²) in [5.41, 5.74) is 3.84. The van der Waals surface area contributed by atoms with E-state index >= 15 is 0 Å². The van der Waals surface area contributed by atoms with Gasteiger partial charge >= 0.3 is 0 Å². The molecule has 0 aliphatic carbocycles. The van der Waals surface area contributed by atoms with Crippen molar-refractivity contribution in [2.75, 3.05) is 5.43 Å². The lowest BCUT2D eigenvalue weighted by atomic mass is 10.1. The second kappa shape index (κ2) is 5.43. The number of phenolic OH excluding ortho intramolecular Hbond substituents is 2. The molecule has 0 atom stereocenters. The number of phenols is 2. The summed E-state index contributed by atoms with van der Waals surface area (Å²) >= 11 is 0. The number of H-pyrrole nitrogens is 1. The Morgan fingerprint density at radius 2 is 2.10 bits per heavy atom. The van der Waals surface area contributed by atoms with Crippen molar-refractivity contribution in [1.82, 2.24) is 9.97 Å². The zero-order valence-corrected chi connectivity index (χ0v) is 11.0. The van der Waals surface area contributed by atoms with Crippen molar-refractivity contribution in [2.24, 2.45) is 5.10 Å². The number of nitrogens with zero attached hydrogens (tertiary/aromatic N) is 2. The van der Waals surface area contributed by atoms with E-state index in [4.69, 9.17) is 0 Å². The Balaban J connectivity index is 2.24. The maximum atomic E-state index is 11.3. The standard InChI is InChI=1S/C13H14N4O3/c1-7-5-12(20)15-13(14-7)17-16-8(2)10-4-3-9(18)6-11(10)19/h3-6,18-19H,1-2H3,(H2,14,15,17,20)/b16-8+. The Labute approximate surface area is 114 Å². The third kappa shape index (κ3) is 3.14. The van der Waals surface area contributed by atoms with E-state index in [0.717, 1.165) is 0 Å². The molecule has 0 spiro atoms. The number of benzene rings is 1. The third-order valence-electron chi connectivity index (χ3n) is 2.57. The summed E-state index contributed by atoms with van der Waals surface area (Å²) in [4.78, 5) is 17.8. The van der Waals surface area contributed by atoms with Crippen LogP contribution in [-0.2, 0) is 0 Å². The van der Waals surface area contributed by atoms with Crippen molar-refractivity contribution in [2.45, 2.75) is 13.8 Å². The predicted octanol–water partition coefficient (Wildman–Crippen LogP) is 1.33. The van der Waals surface area contributed by atoms with Crippen LogP contribution in [0.4, 0.5) is 5.95 Å². The van der Waals surface area contributed by atoms with Gasteiger partial charge in [-0.05, 0) is 26.0 Å². The molecule has 0 aliphatic rings. The van der Waals surface area contributed by atoms with Gasteiger partial charge in [-0.2, -0.15) is 5.10 Å². The first-order chi connectivity index (χ1) is 9.45. The minimum Gasteiger partial charge on any atom is -0.508 e. The normalized spacial score (nSPS) is 11.4. The van der Waals surface area contributed by atoms with Crippen LogP contribution in [0.25, 0.3) is 0 Å². The van der Waals surface area contributed by atoms with Crippen molar-refractivity contribution in [1.29, 1.82) is 0 Å². The molecular formula is C13H14N4O3. The molecule has 0 amide bonds. The largest absolute Gasteiger partial charge is 0.508 e. The van der Waals surface area contributed by atoms with Crippen molar-refractivity contribution in [3.8, 4) is 11.5 Å². The average molecular weight is 274 g/mol. The summed E-state index contributed by atoms with van der Waals surface area (Å²) in [7, 11) is 0. The summed E-state index contributed by atoms with van der Waals surface area (Å²) in [5.74, 6) is 0.100. The van der Waals surface area contributed by atoms with Gasteiger partial charge in [0, 0.05) is 23.4 Å². The highest BCUT2D eigenvalue weighted by molar-refractivity contribution is 6.01. The molecule has 7 heteroatoms. The highest BCUT2D eigenvalue weighted by Crippen LogP contribution is 2.23. The molecule has 0 aliphatic heterocycles. The first kappa shape index (κ1) is 13.6. The SMILES string of the molecule is C/C(=N\Nc1nc(C)cc(=O)[nH]1)c1ccc(O)cc1O. The van der Waals surface area contributed by atoms with Crippen LogP contribution in [0.1, 0.15) is 18.2 Å². The molecule has 0 fully saturated rings. The third-order valence-corrected chi connectivity index (χ3v) is 2.57. The maximum absolute atomic E-state index is 11.3. The molecule has 0 saturated carbocycles. The lowest BCUT2D eigenvalue weighted by Gasteiger charge is -2.05. The summed E-state index contributed by atoms with van der Waals surface area (Å²) in [5, 5.41) is 23.0. The second-order valence-electron chi connectivity index (χ2n) is 4.25. The van der Waals surface area contributed by atoms with Gasteiger partial charge in [-0.3, -0.25) is 9.78 Å². The molecule has 1 heterocycles. The number of aromatic amines is 1. The Morgan fingerprint density at radius 3 is 2.75 bits per heavy atom. The van der Waals surface area contributed by atoms with E-state index in [9.17, 15) is 15.0 Å². The minimum absolute atomic E-state index is 0.0308. The van der Waals surface area contributed by atoms with Crippen LogP contribution in [0.15, 0.2) is 34.2 Å². The van der Waals surface area contributed by atoms with Gasteiger partial charge in [0.25, 0.3) is 5.56 Å². The molecule has 0 saturated heterocycles. The molecule has 1 aromatic carbocycles.